The Labute approximate surface area is 365 Å². The Hall–Kier alpha value is -7.04. The van der Waals surface area contributed by atoms with Crippen molar-refractivity contribution in [2.24, 2.45) is 0 Å². The van der Waals surface area contributed by atoms with Crippen LogP contribution in [-0.4, -0.2) is 19.6 Å². The molecule has 1 aliphatic carbocycles. The van der Waals surface area contributed by atoms with Crippen molar-refractivity contribution >= 4 is 11.0 Å². The Morgan fingerprint density at radius 3 is 1.92 bits per heavy atom. The molecule has 0 saturated heterocycles. The van der Waals surface area contributed by atoms with E-state index < -0.39 is 0 Å². The van der Waals surface area contributed by atoms with Crippen molar-refractivity contribution in [1.82, 2.24) is 14.5 Å². The summed E-state index contributed by atoms with van der Waals surface area (Å²) in [6.07, 6.45) is 1.97. The van der Waals surface area contributed by atoms with Gasteiger partial charge in [-0.05, 0) is 104 Å². The van der Waals surface area contributed by atoms with Crippen molar-refractivity contribution in [2.45, 2.75) is 64.7 Å². The second-order valence-corrected chi connectivity index (χ2v) is 18.9. The molecule has 0 saturated carbocycles. The molecule has 1 N–H and O–H groups in total. The van der Waals surface area contributed by atoms with Crippen molar-refractivity contribution in [1.29, 1.82) is 0 Å². The molecule has 4 nitrogen and oxygen atoms in total. The van der Waals surface area contributed by atoms with Gasteiger partial charge in [-0.15, -0.1) is 0 Å². The normalized spacial score (nSPS) is 13.3. The van der Waals surface area contributed by atoms with Crippen LogP contribution in [0.15, 0.2) is 176 Å². The number of phenolic OH excluding ortho intramolecular Hbond substituents is 1. The summed E-state index contributed by atoms with van der Waals surface area (Å²) in [6.45, 7) is 16.0. The minimum absolute atomic E-state index is 0.0608. The minimum atomic E-state index is -0.337. The number of rotatable bonds is 7. The maximum absolute atomic E-state index is 11.5. The summed E-state index contributed by atoms with van der Waals surface area (Å²) in [7, 11) is 0. The monoisotopic (exact) mass is 805 g/mol. The van der Waals surface area contributed by atoms with Crippen LogP contribution in [0.25, 0.3) is 72.7 Å². The van der Waals surface area contributed by atoms with Crippen LogP contribution in [0.3, 0.4) is 0 Å². The van der Waals surface area contributed by atoms with Gasteiger partial charge in [-0.2, -0.15) is 0 Å². The van der Waals surface area contributed by atoms with Crippen LogP contribution in [0.4, 0.5) is 0 Å². The maximum Gasteiger partial charge on any atom is 0.149 e. The maximum atomic E-state index is 11.5. The third-order valence-corrected chi connectivity index (χ3v) is 13.2. The van der Waals surface area contributed by atoms with Crippen molar-refractivity contribution in [2.75, 3.05) is 0 Å². The first-order valence-corrected chi connectivity index (χ1v) is 21.6. The topological polar surface area (TPSA) is 50.9 Å². The fraction of sp³-hybridized carbons (Fsp3) is 0.172. The molecule has 0 unspecified atom stereocenters. The molecule has 4 heteroatoms. The zero-order valence-corrected chi connectivity index (χ0v) is 36.5. The van der Waals surface area contributed by atoms with E-state index in [1.54, 1.807) is 6.07 Å². The number of aromatic hydroxyl groups is 1. The molecule has 0 atom stereocenters. The molecule has 0 radical (unpaired) electrons. The Kier molecular flexibility index (Phi) is 9.19. The molecule has 2 aromatic heterocycles. The number of pyridine rings is 1. The SMILES string of the molecule is CC(C)(C)c1ccc(-n2c(-c3ccccc3O)nc3c(-c4cc(-c5nccc6c5C(C)(C)c5ccccc5-6)cc(C(C)(C)c5ccccc5)c4)cccc32)c(-c2ccccc2)c1. The third-order valence-electron chi connectivity index (χ3n) is 13.2. The van der Waals surface area contributed by atoms with Gasteiger partial charge in [-0.25, -0.2) is 4.98 Å². The summed E-state index contributed by atoms with van der Waals surface area (Å²) in [5.74, 6) is 0.856. The first-order valence-electron chi connectivity index (χ1n) is 21.6. The molecule has 0 bridgehead atoms. The predicted octanol–water partition coefficient (Wildman–Crippen LogP) is 14.7. The zero-order chi connectivity index (χ0) is 43.0. The van der Waals surface area contributed by atoms with Crippen LogP contribution in [0, 0.1) is 0 Å². The number of phenols is 1. The molecule has 62 heavy (non-hydrogen) atoms. The van der Waals surface area contributed by atoms with Crippen LogP contribution < -0.4 is 0 Å². The van der Waals surface area contributed by atoms with E-state index in [-0.39, 0.29) is 22.0 Å². The van der Waals surface area contributed by atoms with E-state index in [1.807, 2.05) is 24.4 Å². The van der Waals surface area contributed by atoms with Gasteiger partial charge in [0, 0.05) is 33.7 Å². The molecule has 7 aromatic carbocycles. The largest absolute Gasteiger partial charge is 0.507 e. The standard InChI is InChI=1S/C58H51N3O/c1-56(2,3)41-29-30-49(47(36-41)37-19-10-8-11-20-37)61-50-27-18-25-43(54(50)60-55(61)46-24-15-17-28-51(46)62)38-33-39(35-42(34-38)57(4,5)40-21-12-9-13-22-40)53-52-45(31-32-59-53)44-23-14-16-26-48(44)58(52,6)7/h8-36,62H,1-7H3. The van der Waals surface area contributed by atoms with Gasteiger partial charge in [-0.1, -0.05) is 170 Å². The highest BCUT2D eigenvalue weighted by Crippen LogP contribution is 2.52. The number of para-hydroxylation sites is 2. The molecule has 304 valence electrons. The summed E-state index contributed by atoms with van der Waals surface area (Å²) >= 11 is 0. The highest BCUT2D eigenvalue weighted by molar-refractivity contribution is 5.98. The van der Waals surface area contributed by atoms with Crippen LogP contribution in [0.2, 0.25) is 0 Å². The fourth-order valence-electron chi connectivity index (χ4n) is 9.70. The molecule has 0 fully saturated rings. The Morgan fingerprint density at radius 1 is 0.516 bits per heavy atom. The fourth-order valence-corrected chi connectivity index (χ4v) is 9.70. The van der Waals surface area contributed by atoms with Crippen molar-refractivity contribution in [3.63, 3.8) is 0 Å². The van der Waals surface area contributed by atoms with Gasteiger partial charge in [0.1, 0.15) is 11.6 Å². The van der Waals surface area contributed by atoms with Gasteiger partial charge >= 0.3 is 0 Å². The lowest BCUT2D eigenvalue weighted by molar-refractivity contribution is 0.477. The lowest BCUT2D eigenvalue weighted by Gasteiger charge is -2.28. The molecular weight excluding hydrogens is 755 g/mol. The molecule has 9 aromatic rings. The van der Waals surface area contributed by atoms with Gasteiger partial charge in [-0.3, -0.25) is 9.55 Å². The molecule has 10 rings (SSSR count). The Morgan fingerprint density at radius 2 is 1.18 bits per heavy atom. The lowest BCUT2D eigenvalue weighted by Crippen LogP contribution is -2.19. The summed E-state index contributed by atoms with van der Waals surface area (Å²) in [5, 5.41) is 11.5. The minimum Gasteiger partial charge on any atom is -0.507 e. The Bertz CT molecular complexity index is 3170. The number of aromatic nitrogens is 3. The average molecular weight is 806 g/mol. The number of hydrogen-bond acceptors (Lipinski definition) is 3. The van der Waals surface area contributed by atoms with Gasteiger partial charge in [0.15, 0.2) is 0 Å². The van der Waals surface area contributed by atoms with E-state index in [0.29, 0.717) is 11.4 Å². The number of benzene rings is 7. The lowest BCUT2D eigenvalue weighted by atomic mass is 9.75. The van der Waals surface area contributed by atoms with E-state index >= 15 is 0 Å². The quantitative estimate of drug-likeness (QED) is 0.175. The van der Waals surface area contributed by atoms with Crippen LogP contribution >= 0.6 is 0 Å². The van der Waals surface area contributed by atoms with Crippen LogP contribution in [0.1, 0.15) is 76.3 Å². The van der Waals surface area contributed by atoms with Gasteiger partial charge in [0.25, 0.3) is 0 Å². The van der Waals surface area contributed by atoms with Crippen LogP contribution in [-0.2, 0) is 16.2 Å². The van der Waals surface area contributed by atoms with Crippen molar-refractivity contribution in [3.8, 4) is 67.5 Å². The molecular formula is C58H51N3O. The summed E-state index contributed by atoms with van der Waals surface area (Å²) in [6, 6.07) is 60.1. The number of imidazole rings is 1. The van der Waals surface area contributed by atoms with E-state index in [9.17, 15) is 5.11 Å². The number of hydrogen-bond donors (Lipinski definition) is 1. The van der Waals surface area contributed by atoms with Gasteiger partial charge in [0.2, 0.25) is 0 Å². The van der Waals surface area contributed by atoms with E-state index in [4.69, 9.17) is 9.97 Å². The second-order valence-electron chi connectivity index (χ2n) is 18.9. The molecule has 0 aliphatic heterocycles. The third kappa shape index (κ3) is 6.36. The highest BCUT2D eigenvalue weighted by Gasteiger charge is 2.38. The molecule has 0 amide bonds. The smallest absolute Gasteiger partial charge is 0.149 e. The number of fused-ring (bicyclic) bond motifs is 4. The average Bonchev–Trinajstić information content (AvgIpc) is 3.79. The summed E-state index contributed by atoms with van der Waals surface area (Å²) in [5.41, 5.74) is 17.9. The Balaban J connectivity index is 1.27. The highest BCUT2D eigenvalue weighted by atomic mass is 16.3. The first-order chi connectivity index (χ1) is 29.8. The van der Waals surface area contributed by atoms with Crippen molar-refractivity contribution < 1.29 is 5.11 Å². The summed E-state index contributed by atoms with van der Waals surface area (Å²) in [4.78, 5) is 10.8. The van der Waals surface area contributed by atoms with E-state index in [1.165, 1.54) is 38.9 Å². The zero-order valence-electron chi connectivity index (χ0n) is 36.5. The molecule has 2 heterocycles. The van der Waals surface area contributed by atoms with Gasteiger partial charge < -0.3 is 5.11 Å². The van der Waals surface area contributed by atoms with E-state index in [2.05, 4.69) is 199 Å². The first kappa shape index (κ1) is 39.1. The van der Waals surface area contributed by atoms with Gasteiger partial charge in [0.05, 0.1) is 28.0 Å². The molecule has 0 spiro atoms. The number of nitrogens with zero attached hydrogens (tertiary/aromatic N) is 3. The van der Waals surface area contributed by atoms with Crippen LogP contribution in [0.5, 0.6) is 5.75 Å². The second kappa shape index (κ2) is 14.6. The van der Waals surface area contributed by atoms with E-state index in [0.717, 1.165) is 50.2 Å². The summed E-state index contributed by atoms with van der Waals surface area (Å²) < 4.78 is 2.24. The molecule has 1 aliphatic rings. The predicted molar refractivity (Wildman–Crippen MR) is 257 cm³/mol. The van der Waals surface area contributed by atoms with Crippen molar-refractivity contribution in [3.05, 3.63) is 204 Å².